The first-order chi connectivity index (χ1) is 7.91. The van der Waals surface area contributed by atoms with Crippen molar-refractivity contribution in [1.82, 2.24) is 14.6 Å². The van der Waals surface area contributed by atoms with E-state index in [-0.39, 0.29) is 24.5 Å². The van der Waals surface area contributed by atoms with Gasteiger partial charge in [0.25, 0.3) is 10.0 Å². The number of aryl methyl sites for hydroxylation is 1. The molecule has 104 valence electrons. The maximum atomic E-state index is 12.4. The second-order valence-corrected chi connectivity index (χ2v) is 7.78. The quantitative estimate of drug-likeness (QED) is 0.893. The molecule has 0 spiro atoms. The van der Waals surface area contributed by atoms with Gasteiger partial charge in [-0.05, 0) is 20.8 Å². The fourth-order valence-electron chi connectivity index (χ4n) is 1.90. The summed E-state index contributed by atoms with van der Waals surface area (Å²) in [5, 5.41) is 4.05. The van der Waals surface area contributed by atoms with Gasteiger partial charge in [-0.1, -0.05) is 0 Å². The van der Waals surface area contributed by atoms with Gasteiger partial charge in [0.15, 0.2) is 4.21 Å². The van der Waals surface area contributed by atoms with E-state index in [1.807, 2.05) is 20.8 Å². The summed E-state index contributed by atoms with van der Waals surface area (Å²) in [6.45, 7) is 6.93. The molecule has 1 saturated heterocycles. The van der Waals surface area contributed by atoms with Crippen LogP contribution in [0.1, 0.15) is 18.9 Å². The van der Waals surface area contributed by atoms with Crippen LogP contribution in [0.3, 0.4) is 0 Å². The molecule has 0 bridgehead atoms. The van der Waals surface area contributed by atoms with Crippen molar-refractivity contribution in [2.24, 2.45) is 0 Å². The average Bonchev–Trinajstić information content (AvgIpc) is 2.69. The van der Waals surface area contributed by atoms with Crippen LogP contribution in [-0.2, 0) is 10.0 Å². The minimum absolute atomic E-state index is 0. The van der Waals surface area contributed by atoms with Crippen LogP contribution >= 0.6 is 23.7 Å². The number of aromatic nitrogens is 1. The van der Waals surface area contributed by atoms with Crippen molar-refractivity contribution in [1.29, 1.82) is 0 Å². The highest BCUT2D eigenvalue weighted by molar-refractivity contribution is 7.91. The number of hydrogen-bond acceptors (Lipinski definition) is 5. The highest BCUT2D eigenvalue weighted by Crippen LogP contribution is 2.25. The Morgan fingerprint density at radius 3 is 2.72 bits per heavy atom. The summed E-state index contributed by atoms with van der Waals surface area (Å²) in [5.74, 6) is 0. The number of hydrogen-bond donors (Lipinski definition) is 1. The zero-order valence-corrected chi connectivity index (χ0v) is 13.0. The fourth-order valence-corrected chi connectivity index (χ4v) is 4.86. The van der Waals surface area contributed by atoms with Crippen LogP contribution in [0.15, 0.2) is 10.4 Å². The Labute approximate surface area is 118 Å². The molecule has 2 rings (SSSR count). The molecule has 2 heterocycles. The SMILES string of the molecule is Cc1ncc(S(=O)(=O)N2CC(C)NCC2C)s1.Cl. The van der Waals surface area contributed by atoms with Gasteiger partial charge in [0.2, 0.25) is 0 Å². The maximum Gasteiger partial charge on any atom is 0.254 e. The van der Waals surface area contributed by atoms with E-state index in [1.165, 1.54) is 17.5 Å². The molecule has 0 amide bonds. The van der Waals surface area contributed by atoms with Gasteiger partial charge in [0.05, 0.1) is 11.2 Å². The molecule has 0 radical (unpaired) electrons. The Hall–Kier alpha value is -0.210. The number of sulfonamides is 1. The third-order valence-electron chi connectivity index (χ3n) is 2.87. The summed E-state index contributed by atoms with van der Waals surface area (Å²) in [5.41, 5.74) is 0. The predicted molar refractivity (Wildman–Crippen MR) is 74.9 cm³/mol. The molecule has 0 saturated carbocycles. The average molecular weight is 312 g/mol. The molecule has 1 fully saturated rings. The Bertz CT molecular complexity index is 503. The fraction of sp³-hybridized carbons (Fsp3) is 0.700. The summed E-state index contributed by atoms with van der Waals surface area (Å²) in [4.78, 5) is 4.02. The van der Waals surface area contributed by atoms with Gasteiger partial charge >= 0.3 is 0 Å². The molecule has 0 aliphatic carbocycles. The van der Waals surface area contributed by atoms with Crippen molar-refractivity contribution in [3.63, 3.8) is 0 Å². The summed E-state index contributed by atoms with van der Waals surface area (Å²) in [7, 11) is -3.37. The third-order valence-corrected chi connectivity index (χ3v) is 6.20. The molecule has 1 N–H and O–H groups in total. The molecule has 1 aliphatic heterocycles. The largest absolute Gasteiger partial charge is 0.311 e. The summed E-state index contributed by atoms with van der Waals surface area (Å²) >= 11 is 1.23. The zero-order chi connectivity index (χ0) is 12.6. The molecule has 1 aliphatic rings. The number of halogens is 1. The number of thiazole rings is 1. The monoisotopic (exact) mass is 311 g/mol. The van der Waals surface area contributed by atoms with Gasteiger partial charge in [0, 0.05) is 25.2 Å². The summed E-state index contributed by atoms with van der Waals surface area (Å²) < 4.78 is 26.8. The van der Waals surface area contributed by atoms with E-state index in [1.54, 1.807) is 4.31 Å². The lowest BCUT2D eigenvalue weighted by Gasteiger charge is -2.35. The van der Waals surface area contributed by atoms with E-state index in [2.05, 4.69) is 10.3 Å². The maximum absolute atomic E-state index is 12.4. The Balaban J connectivity index is 0.00000162. The lowest BCUT2D eigenvalue weighted by molar-refractivity contribution is 0.245. The highest BCUT2D eigenvalue weighted by Gasteiger charge is 2.34. The van der Waals surface area contributed by atoms with Gasteiger partial charge in [0.1, 0.15) is 0 Å². The van der Waals surface area contributed by atoms with Crippen LogP contribution in [0.4, 0.5) is 0 Å². The highest BCUT2D eigenvalue weighted by atomic mass is 35.5. The van der Waals surface area contributed by atoms with Gasteiger partial charge in [-0.25, -0.2) is 13.4 Å². The van der Waals surface area contributed by atoms with Crippen LogP contribution in [-0.4, -0.2) is 42.9 Å². The van der Waals surface area contributed by atoms with Crippen molar-refractivity contribution in [3.8, 4) is 0 Å². The van der Waals surface area contributed by atoms with Crippen molar-refractivity contribution >= 4 is 33.8 Å². The summed E-state index contributed by atoms with van der Waals surface area (Å²) in [6.07, 6.45) is 1.45. The number of rotatable bonds is 2. The molecule has 0 aromatic carbocycles. The van der Waals surface area contributed by atoms with Crippen LogP contribution in [0.2, 0.25) is 0 Å². The molecule has 5 nitrogen and oxygen atoms in total. The third kappa shape index (κ3) is 3.03. The van der Waals surface area contributed by atoms with Crippen LogP contribution in [0.5, 0.6) is 0 Å². The van der Waals surface area contributed by atoms with E-state index >= 15 is 0 Å². The number of nitrogens with zero attached hydrogens (tertiary/aromatic N) is 2. The first kappa shape index (κ1) is 15.8. The van der Waals surface area contributed by atoms with Gasteiger partial charge in [-0.3, -0.25) is 0 Å². The predicted octanol–water partition coefficient (Wildman–Crippen LogP) is 1.24. The van der Waals surface area contributed by atoms with E-state index in [0.717, 1.165) is 5.01 Å². The first-order valence-corrected chi connectivity index (χ1v) is 7.84. The topological polar surface area (TPSA) is 62.3 Å². The normalized spacial score (nSPS) is 25.7. The molecule has 2 atom stereocenters. The van der Waals surface area contributed by atoms with E-state index < -0.39 is 10.0 Å². The first-order valence-electron chi connectivity index (χ1n) is 5.59. The molecule has 2 unspecified atom stereocenters. The van der Waals surface area contributed by atoms with Crippen molar-refractivity contribution in [2.75, 3.05) is 13.1 Å². The zero-order valence-electron chi connectivity index (χ0n) is 10.6. The van der Waals surface area contributed by atoms with Crippen LogP contribution in [0, 0.1) is 6.92 Å². The summed E-state index contributed by atoms with van der Waals surface area (Å²) in [6, 6.07) is 0.175. The van der Waals surface area contributed by atoms with E-state index in [4.69, 9.17) is 0 Å². The Kier molecular flexibility index (Phi) is 5.13. The van der Waals surface area contributed by atoms with Crippen LogP contribution < -0.4 is 5.32 Å². The lowest BCUT2D eigenvalue weighted by Crippen LogP contribution is -2.55. The number of nitrogens with one attached hydrogen (secondary N) is 1. The van der Waals surface area contributed by atoms with Gasteiger partial charge in [-0.2, -0.15) is 4.31 Å². The molecule has 18 heavy (non-hydrogen) atoms. The van der Waals surface area contributed by atoms with Crippen molar-refractivity contribution in [3.05, 3.63) is 11.2 Å². The lowest BCUT2D eigenvalue weighted by atomic mass is 10.2. The van der Waals surface area contributed by atoms with Crippen LogP contribution in [0.25, 0.3) is 0 Å². The van der Waals surface area contributed by atoms with Gasteiger partial charge in [-0.15, -0.1) is 23.7 Å². The second kappa shape index (κ2) is 5.83. The molecular formula is C10H18ClN3O2S2. The molecule has 8 heteroatoms. The Morgan fingerprint density at radius 1 is 1.50 bits per heavy atom. The minimum Gasteiger partial charge on any atom is -0.311 e. The smallest absolute Gasteiger partial charge is 0.254 e. The Morgan fingerprint density at radius 2 is 2.17 bits per heavy atom. The van der Waals surface area contributed by atoms with Gasteiger partial charge < -0.3 is 5.32 Å². The molecule has 1 aromatic heterocycles. The van der Waals surface area contributed by atoms with Crippen molar-refractivity contribution < 1.29 is 8.42 Å². The van der Waals surface area contributed by atoms with E-state index in [0.29, 0.717) is 17.3 Å². The standard InChI is InChI=1S/C10H17N3O2S2.ClH/c1-7-6-13(8(2)4-11-7)17(14,15)10-5-12-9(3)16-10;/h5,7-8,11H,4,6H2,1-3H3;1H. The minimum atomic E-state index is -3.37. The number of piperazine rings is 1. The molecule has 1 aromatic rings. The molecular weight excluding hydrogens is 294 g/mol. The second-order valence-electron chi connectivity index (χ2n) is 4.43. The van der Waals surface area contributed by atoms with Crippen molar-refractivity contribution in [2.45, 2.75) is 37.1 Å². The van der Waals surface area contributed by atoms with E-state index in [9.17, 15) is 8.42 Å².